The van der Waals surface area contributed by atoms with Gasteiger partial charge in [0.05, 0.1) is 17.2 Å². The number of imide groups is 1. The number of nitrogens with zero attached hydrogens (tertiary/aromatic N) is 3. The van der Waals surface area contributed by atoms with Crippen LogP contribution in [0.15, 0.2) is 40.2 Å². The van der Waals surface area contributed by atoms with Crippen LogP contribution in [0, 0.1) is 0 Å². The second-order valence-corrected chi connectivity index (χ2v) is 7.86. The number of carbonyl (C=O) groups excluding carboxylic acids is 2. The molecule has 25 heavy (non-hydrogen) atoms. The average molecular weight is 394 g/mol. The Hall–Kier alpha value is -2.17. The summed E-state index contributed by atoms with van der Waals surface area (Å²) in [4.78, 5) is 25.6. The van der Waals surface area contributed by atoms with Crippen molar-refractivity contribution in [2.24, 2.45) is 7.05 Å². The van der Waals surface area contributed by atoms with Crippen molar-refractivity contribution < 1.29 is 9.59 Å². The quantitative estimate of drug-likeness (QED) is 0.629. The molecule has 0 saturated carbocycles. The van der Waals surface area contributed by atoms with Gasteiger partial charge in [-0.05, 0) is 22.9 Å². The van der Waals surface area contributed by atoms with Crippen molar-refractivity contribution in [2.75, 3.05) is 5.75 Å². The number of amides is 3. The van der Waals surface area contributed by atoms with Crippen LogP contribution in [0.25, 0.3) is 10.7 Å². The van der Waals surface area contributed by atoms with E-state index in [0.29, 0.717) is 11.7 Å². The number of thioether (sulfide) groups is 1. The van der Waals surface area contributed by atoms with Crippen LogP contribution in [-0.4, -0.2) is 32.5 Å². The molecule has 0 fully saturated rings. The van der Waals surface area contributed by atoms with Crippen LogP contribution < -0.4 is 10.6 Å². The average Bonchev–Trinajstić information content (AvgIpc) is 3.33. The minimum atomic E-state index is -0.503. The summed E-state index contributed by atoms with van der Waals surface area (Å²) in [6.45, 7) is 0.400. The first kappa shape index (κ1) is 17.6. The van der Waals surface area contributed by atoms with E-state index in [2.05, 4.69) is 20.8 Å². The number of hydrogen-bond acceptors (Lipinski definition) is 7. The van der Waals surface area contributed by atoms with Gasteiger partial charge in [0, 0.05) is 11.9 Å². The van der Waals surface area contributed by atoms with Crippen LogP contribution in [0.3, 0.4) is 0 Å². The first-order chi connectivity index (χ1) is 12.1. The van der Waals surface area contributed by atoms with E-state index in [1.54, 1.807) is 22.7 Å². The summed E-state index contributed by atoms with van der Waals surface area (Å²) in [5.74, 6) is 0.462. The van der Waals surface area contributed by atoms with Gasteiger partial charge in [0.2, 0.25) is 5.91 Å². The number of urea groups is 1. The molecule has 0 atom stereocenters. The van der Waals surface area contributed by atoms with Crippen LogP contribution in [-0.2, 0) is 18.4 Å². The Morgan fingerprint density at radius 2 is 2.00 bits per heavy atom. The zero-order valence-corrected chi connectivity index (χ0v) is 15.7. The van der Waals surface area contributed by atoms with Crippen molar-refractivity contribution in [1.29, 1.82) is 0 Å². The summed E-state index contributed by atoms with van der Waals surface area (Å²) in [6.07, 6.45) is 0. The number of rotatable bonds is 6. The van der Waals surface area contributed by atoms with Gasteiger partial charge in [-0.3, -0.25) is 10.1 Å². The van der Waals surface area contributed by atoms with E-state index in [4.69, 9.17) is 0 Å². The Labute approximate surface area is 156 Å². The van der Waals surface area contributed by atoms with Gasteiger partial charge in [-0.25, -0.2) is 4.79 Å². The molecule has 0 bridgehead atoms. The van der Waals surface area contributed by atoms with Gasteiger partial charge >= 0.3 is 6.03 Å². The molecule has 0 aliphatic carbocycles. The molecule has 0 unspecified atom stereocenters. The highest BCUT2D eigenvalue weighted by molar-refractivity contribution is 7.99. The molecule has 2 N–H and O–H groups in total. The largest absolute Gasteiger partial charge is 0.333 e. The van der Waals surface area contributed by atoms with Crippen LogP contribution in [0.4, 0.5) is 4.79 Å². The van der Waals surface area contributed by atoms with Crippen LogP contribution in [0.2, 0.25) is 0 Å². The van der Waals surface area contributed by atoms with Gasteiger partial charge in [-0.15, -0.1) is 32.9 Å². The van der Waals surface area contributed by atoms with Crippen molar-refractivity contribution in [3.8, 4) is 10.7 Å². The lowest BCUT2D eigenvalue weighted by Gasteiger charge is -2.05. The van der Waals surface area contributed by atoms with Gasteiger partial charge in [0.25, 0.3) is 0 Å². The third kappa shape index (κ3) is 4.68. The van der Waals surface area contributed by atoms with Crippen molar-refractivity contribution in [3.05, 3.63) is 39.9 Å². The maximum absolute atomic E-state index is 11.9. The standard InChI is InChI=1S/C15H15N5O2S3/c1-20-13(11-5-3-7-24-11)18-19-15(20)25-9-12(21)17-14(22)16-8-10-4-2-6-23-10/h2-7H,8-9H2,1H3,(H2,16,17,21,22). The molecule has 3 rings (SSSR count). The Morgan fingerprint density at radius 3 is 2.72 bits per heavy atom. The van der Waals surface area contributed by atoms with Crippen LogP contribution in [0.5, 0.6) is 0 Å². The maximum Gasteiger partial charge on any atom is 0.321 e. The summed E-state index contributed by atoms with van der Waals surface area (Å²) in [6, 6.07) is 7.24. The van der Waals surface area contributed by atoms with E-state index >= 15 is 0 Å². The molecule has 130 valence electrons. The monoisotopic (exact) mass is 393 g/mol. The summed E-state index contributed by atoms with van der Waals surface area (Å²) in [5, 5.41) is 17.7. The minimum Gasteiger partial charge on any atom is -0.333 e. The maximum atomic E-state index is 11.9. The lowest BCUT2D eigenvalue weighted by molar-refractivity contribution is -0.117. The van der Waals surface area contributed by atoms with Gasteiger partial charge in [0.1, 0.15) is 0 Å². The Bertz CT molecular complexity index is 843. The first-order valence-electron chi connectivity index (χ1n) is 7.29. The molecular formula is C15H15N5O2S3. The molecule has 3 aromatic heterocycles. The predicted octanol–water partition coefficient (Wildman–Crippen LogP) is 2.72. The SMILES string of the molecule is Cn1c(SCC(=O)NC(=O)NCc2cccs2)nnc1-c1cccs1. The van der Waals surface area contributed by atoms with Gasteiger partial charge < -0.3 is 9.88 Å². The predicted molar refractivity (Wildman–Crippen MR) is 99.7 cm³/mol. The fourth-order valence-electron chi connectivity index (χ4n) is 1.98. The highest BCUT2D eigenvalue weighted by Gasteiger charge is 2.14. The number of hydrogen-bond donors (Lipinski definition) is 2. The molecule has 10 heteroatoms. The van der Waals surface area contributed by atoms with E-state index < -0.39 is 6.03 Å². The third-order valence-electron chi connectivity index (χ3n) is 3.17. The van der Waals surface area contributed by atoms with Crippen molar-refractivity contribution in [2.45, 2.75) is 11.7 Å². The summed E-state index contributed by atoms with van der Waals surface area (Å²) >= 11 is 4.36. The lowest BCUT2D eigenvalue weighted by atomic mass is 10.4. The zero-order chi connectivity index (χ0) is 17.6. The highest BCUT2D eigenvalue weighted by atomic mass is 32.2. The molecule has 0 radical (unpaired) electrons. The van der Waals surface area contributed by atoms with E-state index in [1.807, 2.05) is 46.6 Å². The molecule has 0 spiro atoms. The summed E-state index contributed by atoms with van der Waals surface area (Å²) in [5.41, 5.74) is 0. The van der Waals surface area contributed by atoms with Gasteiger partial charge in [0.15, 0.2) is 11.0 Å². The zero-order valence-electron chi connectivity index (χ0n) is 13.3. The number of carbonyl (C=O) groups is 2. The molecule has 3 amide bonds. The van der Waals surface area contributed by atoms with Gasteiger partial charge in [-0.1, -0.05) is 23.9 Å². The highest BCUT2D eigenvalue weighted by Crippen LogP contribution is 2.25. The molecule has 0 aliphatic rings. The van der Waals surface area contributed by atoms with Crippen molar-refractivity contribution in [3.63, 3.8) is 0 Å². The van der Waals surface area contributed by atoms with Crippen LogP contribution >= 0.6 is 34.4 Å². The Morgan fingerprint density at radius 1 is 1.20 bits per heavy atom. The van der Waals surface area contributed by atoms with E-state index in [1.165, 1.54) is 11.8 Å². The third-order valence-corrected chi connectivity index (χ3v) is 5.93. The number of aromatic nitrogens is 3. The summed E-state index contributed by atoms with van der Waals surface area (Å²) in [7, 11) is 1.85. The molecule has 0 aliphatic heterocycles. The first-order valence-corrected chi connectivity index (χ1v) is 10.0. The normalized spacial score (nSPS) is 10.6. The topological polar surface area (TPSA) is 88.9 Å². The minimum absolute atomic E-state index is 0.0861. The molecule has 3 aromatic rings. The molecular weight excluding hydrogens is 378 g/mol. The Balaban J connectivity index is 1.47. The van der Waals surface area contributed by atoms with Crippen LogP contribution in [0.1, 0.15) is 4.88 Å². The van der Waals surface area contributed by atoms with E-state index in [0.717, 1.165) is 15.6 Å². The van der Waals surface area contributed by atoms with Crippen molar-refractivity contribution in [1.82, 2.24) is 25.4 Å². The molecule has 7 nitrogen and oxygen atoms in total. The smallest absolute Gasteiger partial charge is 0.321 e. The van der Waals surface area contributed by atoms with Gasteiger partial charge in [-0.2, -0.15) is 0 Å². The second-order valence-electron chi connectivity index (χ2n) is 4.94. The molecule has 0 saturated heterocycles. The molecule has 3 heterocycles. The number of thiophene rings is 2. The second kappa shape index (κ2) is 8.28. The molecule has 0 aromatic carbocycles. The Kier molecular flexibility index (Phi) is 5.84. The van der Waals surface area contributed by atoms with Crippen molar-refractivity contribution >= 4 is 46.4 Å². The number of nitrogens with one attached hydrogen (secondary N) is 2. The fraction of sp³-hybridized carbons (Fsp3) is 0.200. The fourth-order valence-corrected chi connectivity index (χ4v) is 4.08. The lowest BCUT2D eigenvalue weighted by Crippen LogP contribution is -2.39. The van der Waals surface area contributed by atoms with E-state index in [9.17, 15) is 9.59 Å². The van der Waals surface area contributed by atoms with E-state index in [-0.39, 0.29) is 11.7 Å². The summed E-state index contributed by atoms with van der Waals surface area (Å²) < 4.78 is 1.83.